The molecule has 1 aliphatic rings. The zero-order chi connectivity index (χ0) is 15.6. The first kappa shape index (κ1) is 17.4. The average molecular weight is 307 g/mol. The van der Waals surface area contributed by atoms with E-state index in [-0.39, 0.29) is 5.91 Å². The number of aliphatic hydroxyl groups is 1. The predicted octanol–water partition coefficient (Wildman–Crippen LogP) is -1.16. The van der Waals surface area contributed by atoms with Gasteiger partial charge in [-0.25, -0.2) is 13.1 Å². The molecule has 0 bridgehead atoms. The molecular formula is C12H25N3O4S. The third-order valence-corrected chi connectivity index (χ3v) is 3.84. The first-order valence-corrected chi connectivity index (χ1v) is 8.58. The molecule has 1 atom stereocenters. The molecule has 0 aromatic heterocycles. The lowest BCUT2D eigenvalue weighted by Gasteiger charge is -2.38. The number of piperazine rings is 1. The smallest absolute Gasteiger partial charge is 0.240 e. The van der Waals surface area contributed by atoms with Crippen LogP contribution in [0, 0.1) is 0 Å². The van der Waals surface area contributed by atoms with Gasteiger partial charge in [-0.3, -0.25) is 9.69 Å². The van der Waals surface area contributed by atoms with Crippen molar-refractivity contribution in [1.82, 2.24) is 14.5 Å². The van der Waals surface area contributed by atoms with E-state index in [2.05, 4.69) is 9.62 Å². The number of sulfonamides is 1. The Morgan fingerprint density at radius 2 is 1.80 bits per heavy atom. The summed E-state index contributed by atoms with van der Waals surface area (Å²) in [5.74, 6) is -0.210. The van der Waals surface area contributed by atoms with E-state index in [0.717, 1.165) is 6.26 Å². The van der Waals surface area contributed by atoms with E-state index < -0.39 is 21.7 Å². The van der Waals surface area contributed by atoms with E-state index in [0.29, 0.717) is 32.7 Å². The van der Waals surface area contributed by atoms with Crippen molar-refractivity contribution in [2.45, 2.75) is 32.4 Å². The van der Waals surface area contributed by atoms with E-state index in [1.165, 1.54) is 0 Å². The van der Waals surface area contributed by atoms with Crippen LogP contribution in [0.2, 0.25) is 0 Å². The van der Waals surface area contributed by atoms with Crippen LogP contribution < -0.4 is 4.72 Å². The Morgan fingerprint density at radius 1 is 1.30 bits per heavy atom. The normalized spacial score (nSPS) is 19.9. The van der Waals surface area contributed by atoms with Gasteiger partial charge in [0.1, 0.15) is 0 Å². The Hall–Kier alpha value is -0.700. The van der Waals surface area contributed by atoms with Gasteiger partial charge in [-0.1, -0.05) is 0 Å². The van der Waals surface area contributed by atoms with E-state index in [1.54, 1.807) is 25.7 Å². The minimum Gasteiger partial charge on any atom is -0.389 e. The largest absolute Gasteiger partial charge is 0.389 e. The number of hydrogen-bond acceptors (Lipinski definition) is 5. The van der Waals surface area contributed by atoms with Gasteiger partial charge in [-0.15, -0.1) is 0 Å². The summed E-state index contributed by atoms with van der Waals surface area (Å²) in [7, 11) is -3.38. The molecule has 0 radical (unpaired) electrons. The maximum absolute atomic E-state index is 12.1. The fraction of sp³-hybridized carbons (Fsp3) is 0.917. The van der Waals surface area contributed by atoms with E-state index in [1.807, 2.05) is 0 Å². The fourth-order valence-electron chi connectivity index (χ4n) is 2.32. The van der Waals surface area contributed by atoms with Crippen molar-refractivity contribution in [1.29, 1.82) is 0 Å². The molecule has 8 heteroatoms. The number of carbonyl (C=O) groups is 1. The van der Waals surface area contributed by atoms with Crippen LogP contribution in [-0.4, -0.2) is 79.9 Å². The number of β-amino-alcohol motifs (C(OH)–C–C–N with tert-alkyl or cyclic N) is 1. The summed E-state index contributed by atoms with van der Waals surface area (Å²) >= 11 is 0. The molecule has 1 saturated heterocycles. The second-order valence-electron chi connectivity index (χ2n) is 6.03. The van der Waals surface area contributed by atoms with Gasteiger partial charge in [0.25, 0.3) is 0 Å². The number of rotatable bonds is 5. The molecule has 20 heavy (non-hydrogen) atoms. The third kappa shape index (κ3) is 6.17. The molecule has 0 unspecified atom stereocenters. The molecule has 1 heterocycles. The fourth-order valence-corrected chi connectivity index (χ4v) is 3.06. The predicted molar refractivity (Wildman–Crippen MR) is 76.8 cm³/mol. The van der Waals surface area contributed by atoms with E-state index in [9.17, 15) is 18.3 Å². The lowest BCUT2D eigenvalue weighted by molar-refractivity contribution is -0.134. The molecule has 7 nitrogen and oxygen atoms in total. The Labute approximate surface area is 121 Å². The molecule has 118 valence electrons. The maximum Gasteiger partial charge on any atom is 0.240 e. The Balaban J connectivity index is 2.47. The average Bonchev–Trinajstić information content (AvgIpc) is 2.24. The van der Waals surface area contributed by atoms with Gasteiger partial charge in [0.05, 0.1) is 17.9 Å². The highest BCUT2D eigenvalue weighted by atomic mass is 32.2. The molecule has 1 aliphatic heterocycles. The lowest BCUT2D eigenvalue weighted by Crippen LogP contribution is -2.55. The Bertz CT molecular complexity index is 436. The molecular weight excluding hydrogens is 282 g/mol. The summed E-state index contributed by atoms with van der Waals surface area (Å²) in [6, 6.07) is -0.745. The van der Waals surface area contributed by atoms with Crippen LogP contribution in [0.25, 0.3) is 0 Å². The summed E-state index contributed by atoms with van der Waals surface area (Å²) in [6.45, 7) is 8.07. The quantitative estimate of drug-likeness (QED) is 0.669. The van der Waals surface area contributed by atoms with Crippen molar-refractivity contribution < 1.29 is 18.3 Å². The zero-order valence-electron chi connectivity index (χ0n) is 12.6. The number of nitrogens with one attached hydrogen (secondary N) is 1. The van der Waals surface area contributed by atoms with Crippen LogP contribution in [-0.2, 0) is 14.8 Å². The Kier molecular flexibility index (Phi) is 5.54. The lowest BCUT2D eigenvalue weighted by atomic mass is 10.1. The van der Waals surface area contributed by atoms with Crippen LogP contribution in [0.5, 0.6) is 0 Å². The van der Waals surface area contributed by atoms with Crippen LogP contribution in [0.15, 0.2) is 0 Å². The first-order chi connectivity index (χ1) is 8.98. The highest BCUT2D eigenvalue weighted by molar-refractivity contribution is 7.88. The standard InChI is InChI=1S/C12H25N3O4S/c1-10(13-20(4,18)19)11(16)15-7-5-14(6-8-15)9-12(2,3)17/h10,13,17H,5-9H2,1-4H3/t10-/m1/s1. The maximum atomic E-state index is 12.1. The molecule has 0 spiro atoms. The summed E-state index contributed by atoms with van der Waals surface area (Å²) in [5, 5.41) is 9.76. The number of nitrogens with zero attached hydrogens (tertiary/aromatic N) is 2. The number of carbonyl (C=O) groups excluding carboxylic acids is 1. The molecule has 0 aromatic rings. The monoisotopic (exact) mass is 307 g/mol. The molecule has 2 N–H and O–H groups in total. The van der Waals surface area contributed by atoms with Crippen molar-refractivity contribution in [2.24, 2.45) is 0 Å². The van der Waals surface area contributed by atoms with Crippen molar-refractivity contribution in [3.63, 3.8) is 0 Å². The van der Waals surface area contributed by atoms with Crippen LogP contribution in [0.4, 0.5) is 0 Å². The minimum absolute atomic E-state index is 0.210. The van der Waals surface area contributed by atoms with Crippen LogP contribution >= 0.6 is 0 Å². The SMILES string of the molecule is C[C@@H](NS(C)(=O)=O)C(=O)N1CCN(CC(C)(C)O)CC1. The zero-order valence-corrected chi connectivity index (χ0v) is 13.4. The molecule has 0 aromatic carbocycles. The summed E-state index contributed by atoms with van der Waals surface area (Å²) < 4.78 is 24.5. The van der Waals surface area contributed by atoms with Crippen LogP contribution in [0.1, 0.15) is 20.8 Å². The molecule has 0 saturated carbocycles. The van der Waals surface area contributed by atoms with Crippen molar-refractivity contribution in [3.8, 4) is 0 Å². The first-order valence-electron chi connectivity index (χ1n) is 6.69. The minimum atomic E-state index is -3.38. The van der Waals surface area contributed by atoms with E-state index >= 15 is 0 Å². The van der Waals surface area contributed by atoms with Crippen molar-refractivity contribution in [2.75, 3.05) is 39.0 Å². The van der Waals surface area contributed by atoms with Gasteiger partial charge < -0.3 is 10.0 Å². The molecule has 1 fully saturated rings. The summed E-state index contributed by atoms with van der Waals surface area (Å²) in [6.07, 6.45) is 1.04. The third-order valence-electron chi connectivity index (χ3n) is 3.06. The molecule has 1 rings (SSSR count). The van der Waals surface area contributed by atoms with E-state index in [4.69, 9.17) is 0 Å². The van der Waals surface area contributed by atoms with Gasteiger partial charge in [0.2, 0.25) is 15.9 Å². The highest BCUT2D eigenvalue weighted by Gasteiger charge is 2.28. The second-order valence-corrected chi connectivity index (χ2v) is 7.81. The summed E-state index contributed by atoms with van der Waals surface area (Å²) in [4.78, 5) is 15.9. The number of hydrogen-bond donors (Lipinski definition) is 2. The van der Waals surface area contributed by atoms with Gasteiger partial charge >= 0.3 is 0 Å². The number of amides is 1. The highest BCUT2D eigenvalue weighted by Crippen LogP contribution is 2.09. The van der Waals surface area contributed by atoms with Crippen molar-refractivity contribution in [3.05, 3.63) is 0 Å². The Morgan fingerprint density at radius 3 is 2.20 bits per heavy atom. The van der Waals surface area contributed by atoms with Gasteiger partial charge in [0.15, 0.2) is 0 Å². The van der Waals surface area contributed by atoms with Crippen LogP contribution in [0.3, 0.4) is 0 Å². The van der Waals surface area contributed by atoms with Gasteiger partial charge in [-0.05, 0) is 20.8 Å². The summed E-state index contributed by atoms with van der Waals surface area (Å²) in [5.41, 5.74) is -0.753. The molecule has 1 amide bonds. The van der Waals surface area contributed by atoms with Gasteiger partial charge in [0, 0.05) is 32.7 Å². The molecule has 0 aliphatic carbocycles. The second kappa shape index (κ2) is 6.38. The van der Waals surface area contributed by atoms with Crippen molar-refractivity contribution >= 4 is 15.9 Å². The van der Waals surface area contributed by atoms with Gasteiger partial charge in [-0.2, -0.15) is 0 Å². The topological polar surface area (TPSA) is 90.0 Å².